The third kappa shape index (κ3) is 6.62. The van der Waals surface area contributed by atoms with Gasteiger partial charge in [-0.3, -0.25) is 4.79 Å². The van der Waals surface area contributed by atoms with Crippen LogP contribution in [0.15, 0.2) is 48.5 Å². The molecular weight excluding hydrogens is 528 g/mol. The molecule has 0 unspecified atom stereocenters. The van der Waals surface area contributed by atoms with Gasteiger partial charge in [-0.05, 0) is 24.0 Å². The molecule has 2 aliphatic rings. The van der Waals surface area contributed by atoms with Gasteiger partial charge >= 0.3 is 5.97 Å². The van der Waals surface area contributed by atoms with Crippen molar-refractivity contribution in [1.29, 1.82) is 0 Å². The molecule has 232 valence electrons. The minimum absolute atomic E-state index is 0.0394. The minimum atomic E-state index is -0.846. The molecule has 1 N–H and O–H groups in total. The maximum Gasteiger partial charge on any atom is 0.307 e. The number of hydrogen-bond donors (Lipinski definition) is 1. The van der Waals surface area contributed by atoms with Crippen LogP contribution in [0.2, 0.25) is 0 Å². The molecule has 0 spiro atoms. The van der Waals surface area contributed by atoms with Crippen molar-refractivity contribution in [2.24, 2.45) is 27.6 Å². The zero-order valence-corrected chi connectivity index (χ0v) is 27.4. The predicted molar refractivity (Wildman–Crippen MR) is 165 cm³/mol. The van der Waals surface area contributed by atoms with Crippen LogP contribution in [-0.2, 0) is 48.2 Å². The molecule has 0 atom stereocenters. The van der Waals surface area contributed by atoms with Gasteiger partial charge in [0.05, 0.1) is 32.3 Å². The Morgan fingerprint density at radius 1 is 0.643 bits per heavy atom. The second-order valence-electron chi connectivity index (χ2n) is 16.1. The summed E-state index contributed by atoms with van der Waals surface area (Å²) >= 11 is 0. The molecule has 2 saturated heterocycles. The maximum absolute atomic E-state index is 12.3. The molecule has 4 rings (SSSR count). The van der Waals surface area contributed by atoms with E-state index in [1.165, 1.54) is 0 Å². The molecule has 2 fully saturated rings. The highest BCUT2D eigenvalue weighted by Crippen LogP contribution is 2.49. The van der Waals surface area contributed by atoms with Gasteiger partial charge in [-0.25, -0.2) is 0 Å². The van der Waals surface area contributed by atoms with E-state index in [2.05, 4.69) is 69.2 Å². The highest BCUT2D eigenvalue weighted by molar-refractivity contribution is 5.71. The van der Waals surface area contributed by atoms with Crippen molar-refractivity contribution in [2.75, 3.05) is 26.4 Å². The first-order valence-electron chi connectivity index (χ1n) is 15.3. The van der Waals surface area contributed by atoms with E-state index in [9.17, 15) is 9.90 Å². The van der Waals surface area contributed by atoms with E-state index in [-0.39, 0.29) is 21.7 Å². The number of carboxylic acid groups (broad SMARTS) is 1. The van der Waals surface area contributed by atoms with Gasteiger partial charge in [0.2, 0.25) is 0 Å². The van der Waals surface area contributed by atoms with E-state index >= 15 is 0 Å². The van der Waals surface area contributed by atoms with Gasteiger partial charge in [-0.1, -0.05) is 118 Å². The fraction of sp³-hybridized carbons (Fsp3) is 0.639. The van der Waals surface area contributed by atoms with Gasteiger partial charge in [0.25, 0.3) is 0 Å². The van der Waals surface area contributed by atoms with Crippen LogP contribution >= 0.6 is 0 Å². The van der Waals surface area contributed by atoms with E-state index in [1.807, 2.05) is 48.5 Å². The van der Waals surface area contributed by atoms with Gasteiger partial charge < -0.3 is 24.1 Å². The van der Waals surface area contributed by atoms with Crippen molar-refractivity contribution in [3.05, 3.63) is 70.8 Å². The van der Waals surface area contributed by atoms with Crippen molar-refractivity contribution < 1.29 is 28.8 Å². The summed E-state index contributed by atoms with van der Waals surface area (Å²) in [4.78, 5) is 12.3. The molecule has 6 heteroatoms. The van der Waals surface area contributed by atoms with Crippen LogP contribution in [0.5, 0.6) is 0 Å². The molecule has 6 nitrogen and oxygen atoms in total. The molecule has 2 heterocycles. The Bertz CT molecular complexity index is 1120. The summed E-state index contributed by atoms with van der Waals surface area (Å²) in [5.41, 5.74) is 3.22. The SMILES string of the molecule is CC1(C)COC(c2ccc(CC(Cc3ccc(C4(C(C)(C)C)OCC(C)(C)CO4)cc3)C(=O)O)cc2)(C(C)(C)C)OC1. The summed E-state index contributed by atoms with van der Waals surface area (Å²) in [6.45, 7) is 23.8. The fourth-order valence-corrected chi connectivity index (χ4v) is 5.96. The van der Waals surface area contributed by atoms with E-state index < -0.39 is 23.5 Å². The first-order valence-corrected chi connectivity index (χ1v) is 15.3. The van der Waals surface area contributed by atoms with E-state index in [4.69, 9.17) is 18.9 Å². The molecule has 0 saturated carbocycles. The minimum Gasteiger partial charge on any atom is -0.481 e. The number of carboxylic acids is 1. The number of hydrogen-bond acceptors (Lipinski definition) is 5. The Balaban J connectivity index is 1.49. The van der Waals surface area contributed by atoms with Crippen LogP contribution in [0.1, 0.15) is 91.5 Å². The summed E-state index contributed by atoms with van der Waals surface area (Å²) < 4.78 is 25.7. The van der Waals surface area contributed by atoms with Crippen LogP contribution in [-0.4, -0.2) is 37.5 Å². The summed E-state index contributed by atoms with van der Waals surface area (Å²) in [7, 11) is 0. The van der Waals surface area contributed by atoms with Crippen molar-refractivity contribution in [1.82, 2.24) is 0 Å². The van der Waals surface area contributed by atoms with Crippen molar-refractivity contribution in [3.8, 4) is 0 Å². The lowest BCUT2D eigenvalue weighted by Gasteiger charge is -2.50. The van der Waals surface area contributed by atoms with Crippen molar-refractivity contribution in [3.63, 3.8) is 0 Å². The molecule has 2 aliphatic heterocycles. The number of aliphatic carboxylic acids is 1. The van der Waals surface area contributed by atoms with Crippen molar-refractivity contribution >= 4 is 5.97 Å². The molecule has 2 aromatic rings. The summed E-state index contributed by atoms with van der Waals surface area (Å²) in [5, 5.41) is 10.1. The second-order valence-corrected chi connectivity index (χ2v) is 16.1. The molecule has 0 aromatic heterocycles. The average molecular weight is 581 g/mol. The lowest BCUT2D eigenvalue weighted by Crippen LogP contribution is -2.52. The number of ether oxygens (including phenoxy) is 4. The number of rotatable bonds is 7. The summed E-state index contributed by atoms with van der Waals surface area (Å²) in [6, 6.07) is 16.2. The van der Waals surface area contributed by atoms with Gasteiger partial charge in [-0.2, -0.15) is 0 Å². The van der Waals surface area contributed by atoms with Gasteiger partial charge in [0, 0.05) is 32.8 Å². The first kappa shape index (κ1) is 32.7. The zero-order valence-electron chi connectivity index (χ0n) is 27.4. The maximum atomic E-state index is 12.3. The summed E-state index contributed by atoms with van der Waals surface area (Å²) in [5.74, 6) is -3.05. The van der Waals surface area contributed by atoms with Crippen LogP contribution < -0.4 is 0 Å². The molecule has 2 aromatic carbocycles. The van der Waals surface area contributed by atoms with Crippen LogP contribution in [0.25, 0.3) is 0 Å². The quantitative estimate of drug-likeness (QED) is 0.362. The van der Waals surface area contributed by atoms with E-state index in [1.54, 1.807) is 0 Å². The van der Waals surface area contributed by atoms with Gasteiger partial charge in [0.15, 0.2) is 11.6 Å². The lowest BCUT2D eigenvalue weighted by molar-refractivity contribution is -0.350. The summed E-state index contributed by atoms with van der Waals surface area (Å²) in [6.07, 6.45) is 0.865. The van der Waals surface area contributed by atoms with E-state index in [0.717, 1.165) is 22.3 Å². The molecule has 0 aliphatic carbocycles. The zero-order chi connectivity index (χ0) is 31.2. The Morgan fingerprint density at radius 3 is 1.17 bits per heavy atom. The Kier molecular flexibility index (Phi) is 8.83. The number of carbonyl (C=O) groups is 1. The van der Waals surface area contributed by atoms with E-state index in [0.29, 0.717) is 39.3 Å². The Labute approximate surface area is 253 Å². The molecule has 0 radical (unpaired) electrons. The normalized spacial score (nSPS) is 21.7. The molecule has 42 heavy (non-hydrogen) atoms. The second kappa shape index (κ2) is 11.4. The predicted octanol–water partition coefficient (Wildman–Crippen LogP) is 7.72. The average Bonchev–Trinajstić information content (AvgIpc) is 2.88. The van der Waals surface area contributed by atoms with Gasteiger partial charge in [0.1, 0.15) is 0 Å². The largest absolute Gasteiger partial charge is 0.481 e. The standard InChI is InChI=1S/C36H52O6/c1-31(2,3)35(39-21-33(7,8)22-40-35)28-15-11-25(12-16-28)19-27(30(37)38)20-26-13-17-29(18-14-26)36(32(4,5)6)41-23-34(9,10)24-42-36/h11-18,27H,19-24H2,1-10H3,(H,37,38). The highest BCUT2D eigenvalue weighted by Gasteiger charge is 2.51. The Morgan fingerprint density at radius 2 is 0.929 bits per heavy atom. The third-order valence-electron chi connectivity index (χ3n) is 8.62. The van der Waals surface area contributed by atoms with Crippen LogP contribution in [0.3, 0.4) is 0 Å². The van der Waals surface area contributed by atoms with Crippen LogP contribution in [0, 0.1) is 27.6 Å². The Hall–Kier alpha value is -2.25. The monoisotopic (exact) mass is 580 g/mol. The molecular formula is C36H52O6. The van der Waals surface area contributed by atoms with Crippen molar-refractivity contribution in [2.45, 2.75) is 93.7 Å². The van der Waals surface area contributed by atoms with Crippen LogP contribution in [0.4, 0.5) is 0 Å². The first-order chi connectivity index (χ1) is 19.3. The topological polar surface area (TPSA) is 74.2 Å². The lowest BCUT2D eigenvalue weighted by atomic mass is 9.78. The fourth-order valence-electron chi connectivity index (χ4n) is 5.96. The smallest absolute Gasteiger partial charge is 0.307 e. The highest BCUT2D eigenvalue weighted by atomic mass is 16.7. The third-order valence-corrected chi connectivity index (χ3v) is 8.62. The molecule has 0 bridgehead atoms. The molecule has 0 amide bonds. The number of benzene rings is 2. The van der Waals surface area contributed by atoms with Gasteiger partial charge in [-0.15, -0.1) is 0 Å².